The van der Waals surface area contributed by atoms with Gasteiger partial charge in [0.15, 0.2) is 0 Å². The van der Waals surface area contributed by atoms with E-state index in [1.165, 1.54) is 62.1 Å². The van der Waals surface area contributed by atoms with Crippen LogP contribution in [0.3, 0.4) is 0 Å². The molecule has 2 aliphatic heterocycles. The summed E-state index contributed by atoms with van der Waals surface area (Å²) in [7, 11) is 0. The Bertz CT molecular complexity index is 414. The molecule has 0 saturated carbocycles. The fraction of sp³-hybridized carbons (Fsp3) is 0.625. The lowest BCUT2D eigenvalue weighted by atomic mass is 10.0. The van der Waals surface area contributed by atoms with E-state index in [0.717, 1.165) is 12.5 Å². The zero-order valence-electron chi connectivity index (χ0n) is 11.4. The molecule has 0 aromatic heterocycles. The molecule has 18 heavy (non-hydrogen) atoms. The van der Waals surface area contributed by atoms with Gasteiger partial charge in [0.25, 0.3) is 0 Å². The molecule has 2 heterocycles. The van der Waals surface area contributed by atoms with Crippen molar-refractivity contribution < 1.29 is 0 Å². The molecule has 98 valence electrons. The molecule has 2 nitrogen and oxygen atoms in total. The van der Waals surface area contributed by atoms with Crippen LogP contribution in [0.1, 0.15) is 38.2 Å². The second-order valence-electron chi connectivity index (χ2n) is 5.76. The van der Waals surface area contributed by atoms with E-state index in [1.807, 2.05) is 0 Å². The highest BCUT2D eigenvalue weighted by Gasteiger charge is 2.22. The Morgan fingerprint density at radius 2 is 2.33 bits per heavy atom. The number of nitrogens with zero attached hydrogens (tertiary/aromatic N) is 1. The van der Waals surface area contributed by atoms with Gasteiger partial charge in [-0.2, -0.15) is 0 Å². The number of aryl methyl sites for hydroxylation is 1. The monoisotopic (exact) mass is 244 g/mol. The molecule has 2 aliphatic rings. The number of hydrogen-bond acceptors (Lipinski definition) is 2. The average Bonchev–Trinajstić information content (AvgIpc) is 2.87. The molecule has 1 aromatic carbocycles. The van der Waals surface area contributed by atoms with Gasteiger partial charge in [0.1, 0.15) is 0 Å². The van der Waals surface area contributed by atoms with Gasteiger partial charge in [0.2, 0.25) is 0 Å². The second-order valence-corrected chi connectivity index (χ2v) is 5.76. The standard InChI is InChI=1S/C16H24N2/c1-2-4-13-8-10-18(12-13)15-6-7-16-14(11-15)5-3-9-17-16/h6-7,11,13,17H,2-5,8-10,12H2,1H3. The number of hydrogen-bond donors (Lipinski definition) is 1. The van der Waals surface area contributed by atoms with Crippen molar-refractivity contribution in [1.82, 2.24) is 0 Å². The Hall–Kier alpha value is -1.18. The summed E-state index contributed by atoms with van der Waals surface area (Å²) in [5.41, 5.74) is 4.31. The minimum absolute atomic E-state index is 0.921. The minimum Gasteiger partial charge on any atom is -0.385 e. The molecule has 0 aliphatic carbocycles. The molecule has 0 radical (unpaired) electrons. The first-order valence-corrected chi connectivity index (χ1v) is 7.48. The summed E-state index contributed by atoms with van der Waals surface area (Å²) < 4.78 is 0. The van der Waals surface area contributed by atoms with Crippen LogP contribution in [0.5, 0.6) is 0 Å². The van der Waals surface area contributed by atoms with Crippen molar-refractivity contribution in [3.8, 4) is 0 Å². The molecule has 3 rings (SSSR count). The summed E-state index contributed by atoms with van der Waals surface area (Å²) in [4.78, 5) is 2.58. The van der Waals surface area contributed by atoms with Gasteiger partial charge < -0.3 is 10.2 Å². The molecule has 0 spiro atoms. The lowest BCUT2D eigenvalue weighted by Crippen LogP contribution is -2.20. The van der Waals surface area contributed by atoms with Crippen LogP contribution in [0.25, 0.3) is 0 Å². The number of fused-ring (bicyclic) bond motifs is 1. The zero-order chi connectivity index (χ0) is 12.4. The smallest absolute Gasteiger partial charge is 0.0374 e. The van der Waals surface area contributed by atoms with E-state index < -0.39 is 0 Å². The molecule has 0 amide bonds. The first-order chi connectivity index (χ1) is 8.86. The second kappa shape index (κ2) is 5.21. The van der Waals surface area contributed by atoms with Gasteiger partial charge in [-0.25, -0.2) is 0 Å². The van der Waals surface area contributed by atoms with Gasteiger partial charge in [-0.15, -0.1) is 0 Å². The van der Waals surface area contributed by atoms with Crippen molar-refractivity contribution in [1.29, 1.82) is 0 Å². The Kier molecular flexibility index (Phi) is 3.44. The molecular weight excluding hydrogens is 220 g/mol. The maximum atomic E-state index is 3.49. The maximum absolute atomic E-state index is 3.49. The lowest BCUT2D eigenvalue weighted by molar-refractivity contribution is 0.530. The predicted molar refractivity (Wildman–Crippen MR) is 78.5 cm³/mol. The summed E-state index contributed by atoms with van der Waals surface area (Å²) in [6.45, 7) is 5.94. The highest BCUT2D eigenvalue weighted by molar-refractivity contribution is 5.62. The largest absolute Gasteiger partial charge is 0.385 e. The normalized spacial score (nSPS) is 22.7. The van der Waals surface area contributed by atoms with Crippen LogP contribution in [-0.4, -0.2) is 19.6 Å². The summed E-state index contributed by atoms with van der Waals surface area (Å²) >= 11 is 0. The first kappa shape index (κ1) is 11.9. The SMILES string of the molecule is CCCC1CCN(c2ccc3c(c2)CCCN3)C1. The summed E-state index contributed by atoms with van der Waals surface area (Å²) in [6.07, 6.45) is 6.61. The van der Waals surface area contributed by atoms with Crippen molar-refractivity contribution in [2.24, 2.45) is 5.92 Å². The minimum atomic E-state index is 0.921. The van der Waals surface area contributed by atoms with Gasteiger partial charge in [0, 0.05) is 31.0 Å². The van der Waals surface area contributed by atoms with Gasteiger partial charge >= 0.3 is 0 Å². The predicted octanol–water partition coefficient (Wildman–Crippen LogP) is 3.67. The third-order valence-electron chi connectivity index (χ3n) is 4.38. The first-order valence-electron chi connectivity index (χ1n) is 7.48. The fourth-order valence-corrected chi connectivity index (χ4v) is 3.37. The number of nitrogens with one attached hydrogen (secondary N) is 1. The van der Waals surface area contributed by atoms with Crippen LogP contribution in [0, 0.1) is 5.92 Å². The Labute approximate surface area is 110 Å². The van der Waals surface area contributed by atoms with Crippen LogP contribution >= 0.6 is 0 Å². The Balaban J connectivity index is 1.73. The number of anilines is 2. The van der Waals surface area contributed by atoms with Gasteiger partial charge in [-0.05, 0) is 55.4 Å². The maximum Gasteiger partial charge on any atom is 0.0374 e. The van der Waals surface area contributed by atoms with Gasteiger partial charge in [0.05, 0.1) is 0 Å². The fourth-order valence-electron chi connectivity index (χ4n) is 3.37. The molecular formula is C16H24N2. The molecule has 1 aromatic rings. The highest BCUT2D eigenvalue weighted by Crippen LogP contribution is 2.31. The molecule has 2 heteroatoms. The summed E-state index contributed by atoms with van der Waals surface area (Å²) in [5.74, 6) is 0.921. The van der Waals surface area contributed by atoms with Crippen molar-refractivity contribution in [2.45, 2.75) is 39.0 Å². The quantitative estimate of drug-likeness (QED) is 0.872. The third-order valence-corrected chi connectivity index (χ3v) is 4.38. The van der Waals surface area contributed by atoms with E-state index >= 15 is 0 Å². The van der Waals surface area contributed by atoms with Crippen LogP contribution in [0.15, 0.2) is 18.2 Å². The van der Waals surface area contributed by atoms with Crippen molar-refractivity contribution in [3.05, 3.63) is 23.8 Å². The zero-order valence-corrected chi connectivity index (χ0v) is 11.4. The van der Waals surface area contributed by atoms with E-state index in [4.69, 9.17) is 0 Å². The number of rotatable bonds is 3. The highest BCUT2D eigenvalue weighted by atomic mass is 15.1. The topological polar surface area (TPSA) is 15.3 Å². The molecule has 1 saturated heterocycles. The number of benzene rings is 1. The van der Waals surface area contributed by atoms with Crippen LogP contribution in [0.2, 0.25) is 0 Å². The summed E-state index contributed by atoms with van der Waals surface area (Å²) in [5, 5.41) is 3.49. The summed E-state index contributed by atoms with van der Waals surface area (Å²) in [6, 6.07) is 6.98. The molecule has 1 N–H and O–H groups in total. The van der Waals surface area contributed by atoms with Crippen LogP contribution in [-0.2, 0) is 6.42 Å². The van der Waals surface area contributed by atoms with Crippen molar-refractivity contribution in [3.63, 3.8) is 0 Å². The Morgan fingerprint density at radius 3 is 3.22 bits per heavy atom. The van der Waals surface area contributed by atoms with E-state index in [9.17, 15) is 0 Å². The van der Waals surface area contributed by atoms with Gasteiger partial charge in [-0.1, -0.05) is 13.3 Å². The Morgan fingerprint density at radius 1 is 1.39 bits per heavy atom. The molecule has 1 atom stereocenters. The third kappa shape index (κ3) is 2.33. The van der Waals surface area contributed by atoms with E-state index in [2.05, 4.69) is 35.3 Å². The van der Waals surface area contributed by atoms with Gasteiger partial charge in [-0.3, -0.25) is 0 Å². The molecule has 1 fully saturated rings. The lowest BCUT2D eigenvalue weighted by Gasteiger charge is -2.23. The average molecular weight is 244 g/mol. The van der Waals surface area contributed by atoms with Crippen LogP contribution < -0.4 is 10.2 Å². The van der Waals surface area contributed by atoms with E-state index in [0.29, 0.717) is 0 Å². The molecule has 0 bridgehead atoms. The van der Waals surface area contributed by atoms with E-state index in [-0.39, 0.29) is 0 Å². The molecule has 1 unspecified atom stereocenters. The van der Waals surface area contributed by atoms with Crippen molar-refractivity contribution >= 4 is 11.4 Å². The van der Waals surface area contributed by atoms with E-state index in [1.54, 1.807) is 0 Å². The van der Waals surface area contributed by atoms with Crippen molar-refractivity contribution in [2.75, 3.05) is 29.9 Å². The van der Waals surface area contributed by atoms with Crippen LogP contribution in [0.4, 0.5) is 11.4 Å².